The molecule has 0 spiro atoms. The molecule has 9 rings (SSSR count). The number of hydrogen-bond acceptors (Lipinski definition) is 6. The first kappa shape index (κ1) is 45.9. The molecule has 9 aromatic rings. The maximum Gasteiger partial charge on any atom is 0.243 e. The van der Waals surface area contributed by atoms with Crippen LogP contribution in [-0.2, 0) is 48.0 Å². The third-order valence-corrected chi connectivity index (χ3v) is 12.0. The van der Waals surface area contributed by atoms with Crippen LogP contribution in [0, 0.1) is 0 Å². The number of nitrogens with one attached hydrogen (secondary N) is 9. The maximum absolute atomic E-state index is 12.9. The number of carbonyl (C=O) groups excluding carboxylic acids is 6. The third-order valence-electron chi connectivity index (χ3n) is 12.0. The van der Waals surface area contributed by atoms with Crippen LogP contribution < -0.4 is 31.9 Å². The van der Waals surface area contributed by atoms with Crippen LogP contribution in [0.3, 0.4) is 0 Å². The van der Waals surface area contributed by atoms with Gasteiger partial charge in [0.05, 0.1) is 38.9 Å². The molecular weight excluding hydrogens is 883 g/mol. The van der Waals surface area contributed by atoms with Gasteiger partial charge in [-0.3, -0.25) is 28.8 Å². The van der Waals surface area contributed by atoms with Crippen molar-refractivity contribution in [2.75, 3.05) is 35.6 Å². The zero-order valence-electron chi connectivity index (χ0n) is 37.9. The normalized spacial score (nSPS) is 11.1. The van der Waals surface area contributed by atoms with Crippen LogP contribution in [0.2, 0.25) is 0 Å². The van der Waals surface area contributed by atoms with Crippen LogP contribution in [-0.4, -0.2) is 70.0 Å². The second-order valence-corrected chi connectivity index (χ2v) is 16.9. The quantitative estimate of drug-likeness (QED) is 0.0405. The van der Waals surface area contributed by atoms with Crippen molar-refractivity contribution in [1.82, 2.24) is 30.9 Å². The Hall–Kier alpha value is -9.24. The Kier molecular flexibility index (Phi) is 13.9. The molecule has 350 valence electrons. The fourth-order valence-electron chi connectivity index (χ4n) is 8.55. The number of amides is 6. The Balaban J connectivity index is 0.832. The number of aromatic amines is 3. The summed E-state index contributed by atoms with van der Waals surface area (Å²) in [4.78, 5) is 86.5. The molecule has 15 heteroatoms. The molecule has 6 aromatic carbocycles. The van der Waals surface area contributed by atoms with Crippen LogP contribution in [0.25, 0.3) is 32.7 Å². The average Bonchev–Trinajstić information content (AvgIpc) is 4.11. The van der Waals surface area contributed by atoms with Crippen LogP contribution in [0.15, 0.2) is 164 Å². The molecule has 3 aromatic heterocycles. The predicted octanol–water partition coefficient (Wildman–Crippen LogP) is 7.20. The van der Waals surface area contributed by atoms with Crippen LogP contribution >= 0.6 is 0 Å². The Morgan fingerprint density at radius 1 is 0.343 bits per heavy atom. The highest BCUT2D eigenvalue weighted by Crippen LogP contribution is 2.34. The second-order valence-electron chi connectivity index (χ2n) is 16.9. The lowest BCUT2D eigenvalue weighted by Gasteiger charge is -2.20. The van der Waals surface area contributed by atoms with E-state index < -0.39 is 0 Å². The molecule has 0 aliphatic heterocycles. The average molecular weight is 932 g/mol. The molecule has 0 aliphatic rings. The van der Waals surface area contributed by atoms with Gasteiger partial charge in [-0.2, -0.15) is 0 Å². The maximum atomic E-state index is 12.9. The smallest absolute Gasteiger partial charge is 0.243 e. The predicted molar refractivity (Wildman–Crippen MR) is 271 cm³/mol. The van der Waals surface area contributed by atoms with Crippen molar-refractivity contribution in [2.24, 2.45) is 0 Å². The largest absolute Gasteiger partial charge is 0.361 e. The zero-order valence-corrected chi connectivity index (χ0v) is 37.9. The van der Waals surface area contributed by atoms with E-state index in [1.165, 1.54) is 0 Å². The number of para-hydroxylation sites is 3. The second kappa shape index (κ2) is 21.2. The van der Waals surface area contributed by atoms with Gasteiger partial charge in [-0.1, -0.05) is 91.0 Å². The van der Waals surface area contributed by atoms with Gasteiger partial charge in [-0.25, -0.2) is 0 Å². The summed E-state index contributed by atoms with van der Waals surface area (Å²) in [6.45, 7) is -0.607. The van der Waals surface area contributed by atoms with E-state index in [0.29, 0.717) is 17.1 Å². The number of anilines is 3. The van der Waals surface area contributed by atoms with Crippen molar-refractivity contribution in [3.05, 3.63) is 198 Å². The van der Waals surface area contributed by atoms with E-state index in [2.05, 4.69) is 46.9 Å². The Morgan fingerprint density at radius 2 is 0.614 bits per heavy atom. The summed E-state index contributed by atoms with van der Waals surface area (Å²) in [6.07, 6.45) is 5.79. The number of aromatic nitrogens is 3. The van der Waals surface area contributed by atoms with E-state index in [-0.39, 0.29) is 80.3 Å². The number of carbonyl (C=O) groups is 6. The highest BCUT2D eigenvalue weighted by atomic mass is 16.2. The number of hydrogen-bond donors (Lipinski definition) is 9. The minimum absolute atomic E-state index is 0.130. The number of fused-ring (bicyclic) bond motifs is 3. The van der Waals surface area contributed by atoms with Gasteiger partial charge >= 0.3 is 0 Å². The van der Waals surface area contributed by atoms with Gasteiger partial charge in [-0.05, 0) is 88.0 Å². The van der Waals surface area contributed by atoms with E-state index in [1.54, 1.807) is 55.0 Å². The molecule has 9 N–H and O–H groups in total. The summed E-state index contributed by atoms with van der Waals surface area (Å²) in [6, 6.07) is 45.3. The fourth-order valence-corrected chi connectivity index (χ4v) is 8.55. The molecule has 0 aliphatic carbocycles. The molecule has 6 amide bonds. The van der Waals surface area contributed by atoms with E-state index in [9.17, 15) is 28.8 Å². The van der Waals surface area contributed by atoms with Gasteiger partial charge in [0.25, 0.3) is 0 Å². The van der Waals surface area contributed by atoms with Gasteiger partial charge < -0.3 is 46.9 Å². The van der Waals surface area contributed by atoms with Crippen LogP contribution in [0.4, 0.5) is 17.1 Å². The molecular formula is C55H49N9O6. The minimum Gasteiger partial charge on any atom is -0.361 e. The summed E-state index contributed by atoms with van der Waals surface area (Å²) in [5, 5.41) is 19.6. The van der Waals surface area contributed by atoms with E-state index in [4.69, 9.17) is 0 Å². The van der Waals surface area contributed by atoms with E-state index >= 15 is 0 Å². The lowest BCUT2D eigenvalue weighted by molar-refractivity contribution is -0.123. The fraction of sp³-hybridized carbons (Fsp3) is 0.127. The van der Waals surface area contributed by atoms with Crippen molar-refractivity contribution < 1.29 is 28.8 Å². The first-order chi connectivity index (χ1) is 34.1. The highest BCUT2D eigenvalue weighted by Gasteiger charge is 2.19. The van der Waals surface area contributed by atoms with Crippen LogP contribution in [0.1, 0.15) is 39.3 Å². The topological polar surface area (TPSA) is 222 Å². The Labute approximate surface area is 401 Å². The van der Waals surface area contributed by atoms with Gasteiger partial charge in [0.2, 0.25) is 35.4 Å². The Bertz CT molecular complexity index is 3000. The summed E-state index contributed by atoms with van der Waals surface area (Å²) in [7, 11) is 0. The number of rotatable bonds is 18. The van der Waals surface area contributed by atoms with Gasteiger partial charge in [0, 0.05) is 74.3 Å². The van der Waals surface area contributed by atoms with Crippen molar-refractivity contribution in [2.45, 2.75) is 25.2 Å². The lowest BCUT2D eigenvalue weighted by Crippen LogP contribution is -2.33. The third kappa shape index (κ3) is 11.3. The molecule has 0 saturated heterocycles. The molecule has 70 heavy (non-hydrogen) atoms. The Morgan fingerprint density at radius 3 is 0.900 bits per heavy atom. The molecule has 0 fully saturated rings. The lowest BCUT2D eigenvalue weighted by atomic mass is 9.85. The summed E-state index contributed by atoms with van der Waals surface area (Å²) in [5.74, 6) is -2.29. The first-order valence-corrected chi connectivity index (χ1v) is 22.8. The molecule has 3 heterocycles. The standard InChI is InChI=1S/C55H49N9O6/c65-49(25-37-28-56-46-10-4-1-7-43(37)46)59-31-52(68)62-40-19-13-34(14-20-40)55(35-15-21-41(22-16-35)63-53(69)32-60-50(66)26-38-29-57-47-11-5-2-8-44(38)47)36-17-23-42(24-18-36)64-54(70)33-61-51(67)27-39-30-58-48-12-6-3-9-45(39)48/h1-24,28-30,55-58H,25-27,31-33H2,(H,59,65)(H,60,66)(H,61,67)(H,62,68)(H,63,69)(H,64,70). The van der Waals surface area contributed by atoms with E-state index in [0.717, 1.165) is 66.1 Å². The summed E-state index contributed by atoms with van der Waals surface area (Å²) >= 11 is 0. The summed E-state index contributed by atoms with van der Waals surface area (Å²) in [5.41, 5.74) is 9.60. The minimum atomic E-state index is -0.380. The molecule has 0 bridgehead atoms. The summed E-state index contributed by atoms with van der Waals surface area (Å²) < 4.78 is 0. The monoisotopic (exact) mass is 931 g/mol. The first-order valence-electron chi connectivity index (χ1n) is 22.8. The number of benzene rings is 6. The molecule has 0 radical (unpaired) electrons. The highest BCUT2D eigenvalue weighted by molar-refractivity contribution is 5.98. The zero-order chi connectivity index (χ0) is 48.4. The van der Waals surface area contributed by atoms with Gasteiger partial charge in [0.15, 0.2) is 0 Å². The van der Waals surface area contributed by atoms with Crippen molar-refractivity contribution in [3.63, 3.8) is 0 Å². The molecule has 0 unspecified atom stereocenters. The van der Waals surface area contributed by atoms with Gasteiger partial charge in [0.1, 0.15) is 0 Å². The molecule has 0 atom stereocenters. The van der Waals surface area contributed by atoms with Crippen molar-refractivity contribution >= 4 is 85.2 Å². The van der Waals surface area contributed by atoms with Crippen LogP contribution in [0.5, 0.6) is 0 Å². The SMILES string of the molecule is O=C(Cc1c[nH]c2ccccc12)NCC(=O)Nc1ccc(C(c2ccc(NC(=O)CNC(=O)Cc3c[nH]c4ccccc34)cc2)c2ccc(NC(=O)CNC(=O)Cc3c[nH]c4ccccc34)cc2)cc1. The molecule has 0 saturated carbocycles. The van der Waals surface area contributed by atoms with E-state index in [1.807, 2.05) is 109 Å². The molecule has 15 nitrogen and oxygen atoms in total. The van der Waals surface area contributed by atoms with Crippen molar-refractivity contribution in [1.29, 1.82) is 0 Å². The van der Waals surface area contributed by atoms with Crippen molar-refractivity contribution in [3.8, 4) is 0 Å². The van der Waals surface area contributed by atoms with Gasteiger partial charge in [-0.15, -0.1) is 0 Å². The number of H-pyrrole nitrogens is 3.